The molecule has 0 aliphatic heterocycles. The van der Waals surface area contributed by atoms with Gasteiger partial charge in [0.05, 0.1) is 0 Å². The van der Waals surface area contributed by atoms with Crippen LogP contribution in [0.5, 0.6) is 0 Å². The highest BCUT2D eigenvalue weighted by Gasteiger charge is 2.34. The lowest BCUT2D eigenvalue weighted by Gasteiger charge is -2.14. The lowest BCUT2D eigenvalue weighted by Crippen LogP contribution is -2.33. The van der Waals surface area contributed by atoms with Crippen molar-refractivity contribution >= 4 is 23.3 Å². The van der Waals surface area contributed by atoms with Gasteiger partial charge in [-0.25, -0.2) is 4.79 Å². The number of benzene rings is 1. The monoisotopic (exact) mass is 374 g/mol. The largest absolute Gasteiger partial charge is 0.435 e. The summed E-state index contributed by atoms with van der Waals surface area (Å²) in [6.07, 6.45) is -4.46. The number of anilines is 1. The second-order valence-electron chi connectivity index (χ2n) is 5.80. The number of halogens is 4. The van der Waals surface area contributed by atoms with Crippen molar-refractivity contribution in [3.63, 3.8) is 0 Å². The Morgan fingerprint density at radius 3 is 2.52 bits per heavy atom. The van der Waals surface area contributed by atoms with Gasteiger partial charge in [-0.1, -0.05) is 18.5 Å². The molecule has 0 fully saturated rings. The van der Waals surface area contributed by atoms with Crippen molar-refractivity contribution in [1.29, 1.82) is 0 Å². The van der Waals surface area contributed by atoms with E-state index in [1.807, 2.05) is 6.92 Å². The summed E-state index contributed by atoms with van der Waals surface area (Å²) in [4.78, 5) is 11.8. The number of aryl methyl sites for hydroxylation is 1. The molecule has 0 bridgehead atoms. The van der Waals surface area contributed by atoms with Crippen LogP contribution in [0.2, 0.25) is 5.02 Å². The first kappa shape index (κ1) is 19.1. The fraction of sp³-hybridized carbons (Fsp3) is 0.375. The zero-order valence-corrected chi connectivity index (χ0v) is 14.4. The van der Waals surface area contributed by atoms with Gasteiger partial charge in [0.2, 0.25) is 0 Å². The molecule has 1 aromatic carbocycles. The van der Waals surface area contributed by atoms with Gasteiger partial charge in [-0.05, 0) is 43.2 Å². The third kappa shape index (κ3) is 5.67. The number of carbonyl (C=O) groups is 1. The van der Waals surface area contributed by atoms with Gasteiger partial charge in [0.15, 0.2) is 5.69 Å². The molecule has 9 heteroatoms. The SMILES string of the molecule is Cc1cc(C(F)(F)F)nn1CC(C)CNC(=O)Nc1ccc(Cl)cc1. The molecule has 2 aromatic rings. The van der Waals surface area contributed by atoms with E-state index in [2.05, 4.69) is 15.7 Å². The molecule has 1 unspecified atom stereocenters. The van der Waals surface area contributed by atoms with Crippen molar-refractivity contribution in [2.24, 2.45) is 5.92 Å². The van der Waals surface area contributed by atoms with Crippen LogP contribution in [0.15, 0.2) is 30.3 Å². The minimum Gasteiger partial charge on any atom is -0.338 e. The van der Waals surface area contributed by atoms with Crippen molar-refractivity contribution in [2.45, 2.75) is 26.6 Å². The molecule has 0 aliphatic rings. The Balaban J connectivity index is 1.84. The van der Waals surface area contributed by atoms with Crippen LogP contribution in [-0.2, 0) is 12.7 Å². The summed E-state index contributed by atoms with van der Waals surface area (Å²) in [6, 6.07) is 7.24. The number of nitrogens with one attached hydrogen (secondary N) is 2. The van der Waals surface area contributed by atoms with Crippen LogP contribution < -0.4 is 10.6 Å². The zero-order chi connectivity index (χ0) is 18.6. The summed E-state index contributed by atoms with van der Waals surface area (Å²) in [6.45, 7) is 3.94. The van der Waals surface area contributed by atoms with E-state index in [0.717, 1.165) is 6.07 Å². The molecule has 0 radical (unpaired) electrons. The van der Waals surface area contributed by atoms with E-state index in [4.69, 9.17) is 11.6 Å². The molecule has 25 heavy (non-hydrogen) atoms. The molecule has 0 spiro atoms. The molecule has 2 amide bonds. The van der Waals surface area contributed by atoms with Crippen LogP contribution in [0.1, 0.15) is 18.3 Å². The Kier molecular flexibility index (Phi) is 5.94. The average molecular weight is 375 g/mol. The average Bonchev–Trinajstić information content (AvgIpc) is 2.89. The Labute approximate surface area is 148 Å². The molecule has 2 rings (SSSR count). The van der Waals surface area contributed by atoms with Gasteiger partial charge in [0, 0.05) is 29.5 Å². The minimum absolute atomic E-state index is 0.101. The zero-order valence-electron chi connectivity index (χ0n) is 13.7. The Bertz CT molecular complexity index is 728. The smallest absolute Gasteiger partial charge is 0.338 e. The molecule has 1 aromatic heterocycles. The normalized spacial score (nSPS) is 12.7. The lowest BCUT2D eigenvalue weighted by atomic mass is 10.2. The van der Waals surface area contributed by atoms with Gasteiger partial charge in [-0.3, -0.25) is 4.68 Å². The van der Waals surface area contributed by atoms with Crippen molar-refractivity contribution in [3.8, 4) is 0 Å². The predicted molar refractivity (Wildman–Crippen MR) is 89.6 cm³/mol. The molecule has 0 saturated heterocycles. The van der Waals surface area contributed by atoms with Crippen LogP contribution in [0.3, 0.4) is 0 Å². The lowest BCUT2D eigenvalue weighted by molar-refractivity contribution is -0.141. The van der Waals surface area contributed by atoms with Crippen molar-refractivity contribution < 1.29 is 18.0 Å². The standard InChI is InChI=1S/C16H18ClF3N4O/c1-10(9-24-11(2)7-14(23-24)16(18,19)20)8-21-15(25)22-13-5-3-12(17)4-6-13/h3-7,10H,8-9H2,1-2H3,(H2,21,22,25). The second kappa shape index (κ2) is 7.77. The van der Waals surface area contributed by atoms with E-state index in [-0.39, 0.29) is 12.5 Å². The topological polar surface area (TPSA) is 59.0 Å². The minimum atomic E-state index is -4.46. The third-order valence-electron chi connectivity index (χ3n) is 3.47. The molecule has 0 saturated carbocycles. The summed E-state index contributed by atoms with van der Waals surface area (Å²) < 4.78 is 39.3. The van der Waals surface area contributed by atoms with E-state index in [1.54, 1.807) is 31.2 Å². The van der Waals surface area contributed by atoms with Gasteiger partial charge < -0.3 is 10.6 Å². The summed E-state index contributed by atoms with van der Waals surface area (Å²) in [5.41, 5.74) is 0.0997. The quantitative estimate of drug-likeness (QED) is 0.818. The fourth-order valence-electron chi connectivity index (χ4n) is 2.17. The highest BCUT2D eigenvalue weighted by atomic mass is 35.5. The first-order valence-electron chi connectivity index (χ1n) is 7.57. The predicted octanol–water partition coefficient (Wildman–Crippen LogP) is 4.32. The van der Waals surface area contributed by atoms with Crippen LogP contribution >= 0.6 is 11.6 Å². The maximum atomic E-state index is 12.7. The van der Waals surface area contributed by atoms with Crippen LogP contribution in [0, 0.1) is 12.8 Å². The molecule has 136 valence electrons. The van der Waals surface area contributed by atoms with Gasteiger partial charge in [-0.2, -0.15) is 18.3 Å². The molecule has 1 heterocycles. The number of alkyl halides is 3. The number of amides is 2. The third-order valence-corrected chi connectivity index (χ3v) is 3.72. The summed E-state index contributed by atoms with van der Waals surface area (Å²) in [5.74, 6) is -0.101. The number of carbonyl (C=O) groups excluding carboxylic acids is 1. The van der Waals surface area contributed by atoms with Crippen LogP contribution in [0.4, 0.5) is 23.7 Å². The Morgan fingerprint density at radius 2 is 1.96 bits per heavy atom. The van der Waals surface area contributed by atoms with Crippen molar-refractivity contribution in [3.05, 3.63) is 46.7 Å². The first-order chi connectivity index (χ1) is 11.6. The van der Waals surface area contributed by atoms with Crippen molar-refractivity contribution in [1.82, 2.24) is 15.1 Å². The van der Waals surface area contributed by atoms with E-state index in [1.165, 1.54) is 4.68 Å². The van der Waals surface area contributed by atoms with Gasteiger partial charge >= 0.3 is 12.2 Å². The van der Waals surface area contributed by atoms with Crippen molar-refractivity contribution in [2.75, 3.05) is 11.9 Å². The highest BCUT2D eigenvalue weighted by molar-refractivity contribution is 6.30. The van der Waals surface area contributed by atoms with E-state index in [9.17, 15) is 18.0 Å². The first-order valence-corrected chi connectivity index (χ1v) is 7.95. The second-order valence-corrected chi connectivity index (χ2v) is 6.23. The number of aromatic nitrogens is 2. The fourth-order valence-corrected chi connectivity index (χ4v) is 2.29. The molecule has 2 N–H and O–H groups in total. The summed E-state index contributed by atoms with van der Waals surface area (Å²) >= 11 is 5.76. The maximum Gasteiger partial charge on any atom is 0.435 e. The molecule has 1 atom stereocenters. The molecule has 0 aliphatic carbocycles. The number of rotatable bonds is 5. The molecular weight excluding hydrogens is 357 g/mol. The van der Waals surface area contributed by atoms with E-state index >= 15 is 0 Å². The number of nitrogens with zero attached hydrogens (tertiary/aromatic N) is 2. The van der Waals surface area contributed by atoms with Crippen LogP contribution in [-0.4, -0.2) is 22.4 Å². The number of hydrogen-bond acceptors (Lipinski definition) is 2. The maximum absolute atomic E-state index is 12.7. The highest BCUT2D eigenvalue weighted by Crippen LogP contribution is 2.28. The van der Waals surface area contributed by atoms with Gasteiger partial charge in [0.1, 0.15) is 0 Å². The molecule has 5 nitrogen and oxygen atoms in total. The van der Waals surface area contributed by atoms with Gasteiger partial charge in [0.25, 0.3) is 0 Å². The van der Waals surface area contributed by atoms with Crippen LogP contribution in [0.25, 0.3) is 0 Å². The number of hydrogen-bond donors (Lipinski definition) is 2. The van der Waals surface area contributed by atoms with E-state index in [0.29, 0.717) is 22.9 Å². The summed E-state index contributed by atoms with van der Waals surface area (Å²) in [5, 5.41) is 9.46. The van der Waals surface area contributed by atoms with E-state index < -0.39 is 17.9 Å². The van der Waals surface area contributed by atoms with Gasteiger partial charge in [-0.15, -0.1) is 0 Å². The number of urea groups is 1. The Morgan fingerprint density at radius 1 is 1.32 bits per heavy atom. The Hall–Kier alpha value is -2.22. The summed E-state index contributed by atoms with van der Waals surface area (Å²) in [7, 11) is 0. The molecular formula is C16H18ClF3N4O.